The van der Waals surface area contributed by atoms with E-state index in [0.29, 0.717) is 12.5 Å². The van der Waals surface area contributed by atoms with Crippen molar-refractivity contribution in [2.24, 2.45) is 0 Å². The third-order valence-corrected chi connectivity index (χ3v) is 8.65. The molecule has 0 bridgehead atoms. The second-order valence-corrected chi connectivity index (χ2v) is 10.9. The topological polar surface area (TPSA) is 50.5 Å². The van der Waals surface area contributed by atoms with E-state index in [2.05, 4.69) is 83.1 Å². The number of piperazine rings is 1. The fourth-order valence-corrected chi connectivity index (χ4v) is 6.69. The van der Waals surface area contributed by atoms with Crippen molar-refractivity contribution in [3.8, 4) is 0 Å². The fraction of sp³-hybridized carbons (Fsp3) is 0.300. The molecule has 2 aliphatic rings. The number of fused-ring (bicyclic) bond motifs is 1. The van der Waals surface area contributed by atoms with Crippen molar-refractivity contribution in [3.05, 3.63) is 111 Å². The highest BCUT2D eigenvalue weighted by Gasteiger charge is 2.33. The summed E-state index contributed by atoms with van der Waals surface area (Å²) in [5.74, 6) is 1.19. The Balaban J connectivity index is 1.23. The third kappa shape index (κ3) is 4.47. The first kappa shape index (κ1) is 23.1. The summed E-state index contributed by atoms with van der Waals surface area (Å²) in [4.78, 5) is 27.9. The smallest absolute Gasteiger partial charge is 0.226 e. The summed E-state index contributed by atoms with van der Waals surface area (Å²) in [6.45, 7) is 5.77. The van der Waals surface area contributed by atoms with Gasteiger partial charge in [-0.25, -0.2) is 9.97 Å². The van der Waals surface area contributed by atoms with Gasteiger partial charge < -0.3 is 9.80 Å². The summed E-state index contributed by atoms with van der Waals surface area (Å²) < 4.78 is 0. The number of nitrogens with one attached hydrogen (secondary N) is 1. The Morgan fingerprint density at radius 2 is 1.56 bits per heavy atom. The minimum atomic E-state index is 0.182. The summed E-state index contributed by atoms with van der Waals surface area (Å²) in [5.41, 5.74) is 5.21. The molecule has 1 aliphatic carbocycles. The van der Waals surface area contributed by atoms with Crippen molar-refractivity contribution < 1.29 is 9.69 Å². The number of carbonyl (C=O) groups is 1. The molecule has 2 aromatic carbocycles. The summed E-state index contributed by atoms with van der Waals surface area (Å²) in [5, 5.41) is 2.09. The summed E-state index contributed by atoms with van der Waals surface area (Å²) in [7, 11) is 0. The van der Waals surface area contributed by atoms with Gasteiger partial charge in [-0.3, -0.25) is 4.79 Å². The highest BCUT2D eigenvalue weighted by molar-refractivity contribution is 7.10. The van der Waals surface area contributed by atoms with E-state index in [1.54, 1.807) is 16.2 Å². The molecule has 1 atom stereocenters. The molecule has 1 saturated heterocycles. The minimum absolute atomic E-state index is 0.182. The van der Waals surface area contributed by atoms with Crippen LogP contribution >= 0.6 is 11.3 Å². The van der Waals surface area contributed by atoms with E-state index in [1.807, 2.05) is 6.92 Å². The number of thiophene rings is 1. The number of nitrogens with zero attached hydrogens (tertiary/aromatic N) is 3. The van der Waals surface area contributed by atoms with Crippen LogP contribution in [0.2, 0.25) is 0 Å². The first-order valence-electron chi connectivity index (χ1n) is 12.8. The van der Waals surface area contributed by atoms with Crippen LogP contribution in [0.4, 0.5) is 5.95 Å². The highest BCUT2D eigenvalue weighted by Crippen LogP contribution is 2.35. The van der Waals surface area contributed by atoms with Gasteiger partial charge in [-0.05, 0) is 24.8 Å². The SMILES string of the molecule is Cc1nc(N2CC[NH+](C(c3ccccc3)c3ccccc3)CC2)nc2c1C(=O)C[C@H](c1cccs1)C2. The van der Waals surface area contributed by atoms with Crippen LogP contribution in [0, 0.1) is 6.92 Å². The molecule has 4 aromatic rings. The van der Waals surface area contributed by atoms with Crippen molar-refractivity contribution in [2.75, 3.05) is 31.1 Å². The zero-order valence-corrected chi connectivity index (χ0v) is 21.4. The fourth-order valence-electron chi connectivity index (χ4n) is 5.86. The standard InChI is InChI=1S/C30H30N4OS/c1-21-28-25(19-24(20-26(28)35)27-13-8-18-36-27)32-30(31-21)34-16-14-33(15-17-34)29(22-9-4-2-5-10-22)23-11-6-3-7-12-23/h2-13,18,24,29H,14-17,19-20H2,1H3/p+1/t24-/m1/s1. The number of ketones is 1. The lowest BCUT2D eigenvalue weighted by molar-refractivity contribution is -0.926. The molecule has 2 aromatic heterocycles. The maximum atomic E-state index is 13.0. The molecule has 1 N–H and O–H groups in total. The van der Waals surface area contributed by atoms with Gasteiger partial charge in [0.05, 0.1) is 43.1 Å². The Hall–Kier alpha value is -3.35. The van der Waals surface area contributed by atoms with Crippen LogP contribution in [0.5, 0.6) is 0 Å². The van der Waals surface area contributed by atoms with Gasteiger partial charge in [-0.2, -0.15) is 0 Å². The van der Waals surface area contributed by atoms with Crippen LogP contribution in [0.1, 0.15) is 56.1 Å². The van der Waals surface area contributed by atoms with Gasteiger partial charge in [0, 0.05) is 28.3 Å². The van der Waals surface area contributed by atoms with E-state index in [4.69, 9.17) is 9.97 Å². The number of benzene rings is 2. The van der Waals surface area contributed by atoms with Gasteiger partial charge in [0.1, 0.15) is 6.04 Å². The molecule has 36 heavy (non-hydrogen) atoms. The van der Waals surface area contributed by atoms with E-state index >= 15 is 0 Å². The summed E-state index contributed by atoms with van der Waals surface area (Å²) in [6, 6.07) is 26.2. The lowest BCUT2D eigenvalue weighted by atomic mass is 9.84. The molecule has 6 heteroatoms. The first-order valence-corrected chi connectivity index (χ1v) is 13.7. The lowest BCUT2D eigenvalue weighted by Gasteiger charge is -2.37. The predicted octanol–water partition coefficient (Wildman–Crippen LogP) is 4.25. The van der Waals surface area contributed by atoms with Gasteiger partial charge in [-0.15, -0.1) is 11.3 Å². The third-order valence-electron chi connectivity index (χ3n) is 7.61. The number of rotatable bonds is 5. The molecule has 1 aliphatic heterocycles. The number of anilines is 1. The quantitative estimate of drug-likeness (QED) is 0.450. The van der Waals surface area contributed by atoms with Crippen LogP contribution in [-0.2, 0) is 6.42 Å². The maximum absolute atomic E-state index is 13.0. The first-order chi connectivity index (χ1) is 17.7. The highest BCUT2D eigenvalue weighted by atomic mass is 32.1. The average molecular weight is 496 g/mol. The van der Waals surface area contributed by atoms with Gasteiger partial charge in [0.25, 0.3) is 0 Å². The Kier molecular flexibility index (Phi) is 6.38. The molecule has 182 valence electrons. The predicted molar refractivity (Wildman–Crippen MR) is 144 cm³/mol. The van der Waals surface area contributed by atoms with Crippen molar-refractivity contribution >= 4 is 23.1 Å². The monoisotopic (exact) mass is 495 g/mol. The number of quaternary nitrogens is 1. The molecule has 3 heterocycles. The molecule has 0 spiro atoms. The van der Waals surface area contributed by atoms with E-state index in [9.17, 15) is 4.79 Å². The maximum Gasteiger partial charge on any atom is 0.226 e. The van der Waals surface area contributed by atoms with E-state index < -0.39 is 0 Å². The molecule has 0 amide bonds. The van der Waals surface area contributed by atoms with Crippen molar-refractivity contribution in [3.63, 3.8) is 0 Å². The normalized spacial score (nSPS) is 18.4. The van der Waals surface area contributed by atoms with E-state index in [0.717, 1.165) is 55.5 Å². The molecule has 5 nitrogen and oxygen atoms in total. The molecule has 0 saturated carbocycles. The van der Waals surface area contributed by atoms with E-state index in [-0.39, 0.29) is 11.7 Å². The number of hydrogen-bond donors (Lipinski definition) is 1. The Morgan fingerprint density at radius 3 is 2.17 bits per heavy atom. The van der Waals surface area contributed by atoms with Crippen molar-refractivity contribution in [1.82, 2.24) is 9.97 Å². The summed E-state index contributed by atoms with van der Waals surface area (Å²) >= 11 is 1.73. The Bertz CT molecular complexity index is 1290. The second-order valence-electron chi connectivity index (χ2n) is 9.87. The van der Waals surface area contributed by atoms with Crippen LogP contribution in [0.3, 0.4) is 0 Å². The van der Waals surface area contributed by atoms with Crippen molar-refractivity contribution in [1.29, 1.82) is 0 Å². The number of Topliss-reactive ketones (excluding diaryl/α,β-unsaturated/α-hetero) is 1. The largest absolute Gasteiger partial charge is 0.330 e. The number of hydrogen-bond acceptors (Lipinski definition) is 5. The van der Waals surface area contributed by atoms with Crippen LogP contribution in [0.15, 0.2) is 78.2 Å². The zero-order valence-electron chi connectivity index (χ0n) is 20.6. The van der Waals surface area contributed by atoms with Crippen LogP contribution in [0.25, 0.3) is 0 Å². The average Bonchev–Trinajstić information content (AvgIpc) is 3.45. The zero-order chi connectivity index (χ0) is 24.5. The molecular formula is C30H31N4OS+. The molecule has 0 unspecified atom stereocenters. The summed E-state index contributed by atoms with van der Waals surface area (Å²) in [6.07, 6.45) is 1.37. The molecule has 0 radical (unpaired) electrons. The number of aryl methyl sites for hydroxylation is 1. The van der Waals surface area contributed by atoms with Crippen LogP contribution in [-0.4, -0.2) is 41.9 Å². The Labute approximate surface area is 216 Å². The number of aromatic nitrogens is 2. The van der Waals surface area contributed by atoms with Crippen molar-refractivity contribution in [2.45, 2.75) is 31.7 Å². The molecule has 6 rings (SSSR count). The second kappa shape index (κ2) is 9.96. The minimum Gasteiger partial charge on any atom is -0.330 e. The van der Waals surface area contributed by atoms with Gasteiger partial charge in [-0.1, -0.05) is 66.7 Å². The lowest BCUT2D eigenvalue weighted by Crippen LogP contribution is -3.15. The number of carbonyl (C=O) groups excluding carboxylic acids is 1. The van der Waals surface area contributed by atoms with Gasteiger partial charge in [0.2, 0.25) is 5.95 Å². The van der Waals surface area contributed by atoms with Crippen LogP contribution < -0.4 is 9.80 Å². The Morgan fingerprint density at radius 1 is 0.889 bits per heavy atom. The van der Waals surface area contributed by atoms with E-state index in [1.165, 1.54) is 16.0 Å². The van der Waals surface area contributed by atoms with Gasteiger partial charge in [0.15, 0.2) is 5.78 Å². The van der Waals surface area contributed by atoms with Gasteiger partial charge >= 0.3 is 0 Å². The molecule has 1 fully saturated rings. The molecular weight excluding hydrogens is 464 g/mol.